The molecule has 1 unspecified atom stereocenters. The predicted octanol–water partition coefficient (Wildman–Crippen LogP) is 4.76. The molecule has 3 aromatic rings. The lowest BCUT2D eigenvalue weighted by Crippen LogP contribution is -2.44. The summed E-state index contributed by atoms with van der Waals surface area (Å²) in [7, 11) is -3.93. The molecule has 0 aliphatic heterocycles. The number of carbonyl (C=O) groups is 2. The van der Waals surface area contributed by atoms with E-state index in [1.54, 1.807) is 43.5 Å². The number of carboxylic acid groups (broad SMARTS) is 1. The number of nitrogens with one attached hydrogen (secondary N) is 2. The van der Waals surface area contributed by atoms with E-state index in [0.29, 0.717) is 22.0 Å². The van der Waals surface area contributed by atoms with E-state index in [9.17, 15) is 23.1 Å². The van der Waals surface area contributed by atoms with Gasteiger partial charge in [0.2, 0.25) is 0 Å². The summed E-state index contributed by atoms with van der Waals surface area (Å²) in [5.41, 5.74) is 1.45. The molecule has 0 saturated carbocycles. The maximum absolute atomic E-state index is 12.6. The van der Waals surface area contributed by atoms with Gasteiger partial charge in [0.05, 0.1) is 10.7 Å². The van der Waals surface area contributed by atoms with Crippen LogP contribution in [-0.4, -0.2) is 36.4 Å². The predicted molar refractivity (Wildman–Crippen MR) is 129 cm³/mol. The molecule has 0 aliphatic rings. The normalized spacial score (nSPS) is 12.4. The molecule has 0 spiro atoms. The Labute approximate surface area is 204 Å². The Balaban J connectivity index is 1.74. The minimum absolute atomic E-state index is 0.00232. The van der Waals surface area contributed by atoms with Gasteiger partial charge in [-0.1, -0.05) is 49.2 Å². The molecule has 1 amide bonds. The molecule has 3 rings (SSSR count). The molecule has 1 aromatic heterocycles. The summed E-state index contributed by atoms with van der Waals surface area (Å²) >= 11 is 12.9. The van der Waals surface area contributed by atoms with Gasteiger partial charge in [-0.05, 0) is 36.2 Å². The first-order valence-electron chi connectivity index (χ1n) is 9.55. The van der Waals surface area contributed by atoms with E-state index in [1.807, 2.05) is 0 Å². The first-order chi connectivity index (χ1) is 15.5. The number of hydrogen-bond donors (Lipinski definition) is 3. The van der Waals surface area contributed by atoms with Crippen LogP contribution in [0.1, 0.15) is 23.6 Å². The van der Waals surface area contributed by atoms with Crippen molar-refractivity contribution in [1.29, 1.82) is 0 Å². The van der Waals surface area contributed by atoms with Crippen LogP contribution in [0.3, 0.4) is 0 Å². The first-order valence-corrected chi connectivity index (χ1v) is 12.7. The molecule has 3 N–H and O–H groups in total. The highest BCUT2D eigenvalue weighted by molar-refractivity contribution is 7.92. The molecule has 174 valence electrons. The molecule has 0 fully saturated rings. The summed E-state index contributed by atoms with van der Waals surface area (Å²) in [4.78, 5) is 27.8. The van der Waals surface area contributed by atoms with Crippen LogP contribution in [0.2, 0.25) is 10.0 Å². The van der Waals surface area contributed by atoms with Crippen LogP contribution in [0.15, 0.2) is 52.7 Å². The highest BCUT2D eigenvalue weighted by Crippen LogP contribution is 2.28. The Morgan fingerprint density at radius 1 is 1.09 bits per heavy atom. The van der Waals surface area contributed by atoms with Gasteiger partial charge >= 0.3 is 5.97 Å². The molecule has 0 saturated heterocycles. The van der Waals surface area contributed by atoms with E-state index >= 15 is 0 Å². The summed E-state index contributed by atoms with van der Waals surface area (Å²) in [6.45, 7) is 3.39. The van der Waals surface area contributed by atoms with E-state index in [-0.39, 0.29) is 20.8 Å². The van der Waals surface area contributed by atoms with Gasteiger partial charge in [-0.3, -0.25) is 9.52 Å². The third-order valence-corrected chi connectivity index (χ3v) is 7.47. The van der Waals surface area contributed by atoms with E-state index < -0.39 is 27.9 Å². The van der Waals surface area contributed by atoms with E-state index in [0.717, 1.165) is 11.3 Å². The van der Waals surface area contributed by atoms with Crippen molar-refractivity contribution >= 4 is 62.1 Å². The van der Waals surface area contributed by atoms with Crippen LogP contribution >= 0.6 is 34.5 Å². The maximum Gasteiger partial charge on any atom is 0.326 e. The minimum atomic E-state index is -3.93. The lowest BCUT2D eigenvalue weighted by atomic mass is 10.1. The standard InChI is InChI=1S/C21H19Cl2N3O5S2/c1-11(2)18(21(28)29)25-19(27)20-24-16(10-32-20)12-3-6-14(7-4-12)26-33(30,31)17-8-5-13(22)9-15(17)23/h3-11,18,26H,1-2H3,(H,25,27)(H,28,29). The minimum Gasteiger partial charge on any atom is -0.480 e. The second kappa shape index (κ2) is 10.1. The highest BCUT2D eigenvalue weighted by Gasteiger charge is 2.25. The molecule has 2 aromatic carbocycles. The van der Waals surface area contributed by atoms with Crippen LogP contribution in [0.5, 0.6) is 0 Å². The number of carbonyl (C=O) groups excluding carboxylic acids is 1. The van der Waals surface area contributed by atoms with Crippen LogP contribution in [0.4, 0.5) is 5.69 Å². The number of anilines is 1. The summed E-state index contributed by atoms with van der Waals surface area (Å²) in [5.74, 6) is -1.98. The fraction of sp³-hybridized carbons (Fsp3) is 0.190. The number of halogens is 2. The second-order valence-corrected chi connectivity index (χ2v) is 10.7. The van der Waals surface area contributed by atoms with Gasteiger partial charge in [-0.2, -0.15) is 0 Å². The molecule has 8 nitrogen and oxygen atoms in total. The highest BCUT2D eigenvalue weighted by atomic mass is 35.5. The lowest BCUT2D eigenvalue weighted by molar-refractivity contribution is -0.140. The molecular formula is C21H19Cl2N3O5S2. The summed E-state index contributed by atoms with van der Waals surface area (Å²) in [6.07, 6.45) is 0. The van der Waals surface area contributed by atoms with Gasteiger partial charge in [0, 0.05) is 21.7 Å². The zero-order chi connectivity index (χ0) is 24.3. The summed E-state index contributed by atoms with van der Waals surface area (Å²) in [6, 6.07) is 9.46. The smallest absolute Gasteiger partial charge is 0.326 e. The molecule has 1 atom stereocenters. The number of aromatic nitrogens is 1. The van der Waals surface area contributed by atoms with Gasteiger partial charge in [0.25, 0.3) is 15.9 Å². The number of carboxylic acids is 1. The van der Waals surface area contributed by atoms with Crippen molar-refractivity contribution in [3.8, 4) is 11.3 Å². The number of benzene rings is 2. The van der Waals surface area contributed by atoms with Gasteiger partial charge in [-0.25, -0.2) is 18.2 Å². The van der Waals surface area contributed by atoms with Gasteiger partial charge < -0.3 is 10.4 Å². The summed E-state index contributed by atoms with van der Waals surface area (Å²) < 4.78 is 27.7. The Morgan fingerprint density at radius 3 is 2.33 bits per heavy atom. The van der Waals surface area contributed by atoms with E-state index in [4.69, 9.17) is 23.2 Å². The molecule has 33 heavy (non-hydrogen) atoms. The Morgan fingerprint density at radius 2 is 1.76 bits per heavy atom. The molecule has 12 heteroatoms. The summed E-state index contributed by atoms with van der Waals surface area (Å²) in [5, 5.41) is 13.8. The van der Waals surface area contributed by atoms with Crippen LogP contribution in [0, 0.1) is 5.92 Å². The SMILES string of the molecule is CC(C)C(NC(=O)c1nc(-c2ccc(NS(=O)(=O)c3ccc(Cl)cc3Cl)cc2)cs1)C(=O)O. The monoisotopic (exact) mass is 527 g/mol. The van der Waals surface area contributed by atoms with Crippen molar-refractivity contribution in [3.63, 3.8) is 0 Å². The third kappa shape index (κ3) is 6.02. The van der Waals surface area contributed by atoms with Crippen molar-refractivity contribution in [2.75, 3.05) is 4.72 Å². The average molecular weight is 528 g/mol. The van der Waals surface area contributed by atoms with Crippen molar-refractivity contribution < 1.29 is 23.1 Å². The van der Waals surface area contributed by atoms with Crippen LogP contribution < -0.4 is 10.0 Å². The number of aliphatic carboxylic acids is 1. The molecule has 0 aliphatic carbocycles. The number of amides is 1. The number of rotatable bonds is 8. The number of nitrogens with zero attached hydrogens (tertiary/aromatic N) is 1. The lowest BCUT2D eigenvalue weighted by Gasteiger charge is -2.16. The molecule has 0 radical (unpaired) electrons. The first kappa shape index (κ1) is 25.0. The quantitative estimate of drug-likeness (QED) is 0.387. The van der Waals surface area contributed by atoms with Gasteiger partial charge in [0.15, 0.2) is 5.01 Å². The van der Waals surface area contributed by atoms with E-state index in [2.05, 4.69) is 15.0 Å². The van der Waals surface area contributed by atoms with Crippen molar-refractivity contribution in [2.24, 2.45) is 5.92 Å². The van der Waals surface area contributed by atoms with Crippen LogP contribution in [-0.2, 0) is 14.8 Å². The second-order valence-electron chi connectivity index (χ2n) is 7.33. The Hall–Kier alpha value is -2.66. The van der Waals surface area contributed by atoms with Crippen molar-refractivity contribution in [1.82, 2.24) is 10.3 Å². The Bertz CT molecular complexity index is 1290. The molecule has 0 bridgehead atoms. The zero-order valence-corrected chi connectivity index (χ0v) is 20.5. The Kier molecular flexibility index (Phi) is 7.63. The molecular weight excluding hydrogens is 509 g/mol. The van der Waals surface area contributed by atoms with Gasteiger partial charge in [-0.15, -0.1) is 11.3 Å². The third-order valence-electron chi connectivity index (χ3n) is 4.53. The van der Waals surface area contributed by atoms with E-state index in [1.165, 1.54) is 18.2 Å². The van der Waals surface area contributed by atoms with Crippen molar-refractivity contribution in [3.05, 3.63) is 62.9 Å². The average Bonchev–Trinajstić information content (AvgIpc) is 3.21. The number of thiazole rings is 1. The number of hydrogen-bond acceptors (Lipinski definition) is 6. The van der Waals surface area contributed by atoms with Crippen molar-refractivity contribution in [2.45, 2.75) is 24.8 Å². The number of sulfonamides is 1. The zero-order valence-electron chi connectivity index (χ0n) is 17.4. The van der Waals surface area contributed by atoms with Crippen LogP contribution in [0.25, 0.3) is 11.3 Å². The fourth-order valence-corrected chi connectivity index (χ4v) is 5.40. The maximum atomic E-state index is 12.6. The largest absolute Gasteiger partial charge is 0.480 e. The fourth-order valence-electron chi connectivity index (χ4n) is 2.84. The molecule has 1 heterocycles. The topological polar surface area (TPSA) is 125 Å². The van der Waals surface area contributed by atoms with Gasteiger partial charge in [0.1, 0.15) is 10.9 Å².